The molecule has 118 valence electrons. The van der Waals surface area contributed by atoms with Crippen LogP contribution in [0.25, 0.3) is 0 Å². The van der Waals surface area contributed by atoms with Crippen molar-refractivity contribution < 1.29 is 18.9 Å². The third-order valence-electron chi connectivity index (χ3n) is 3.17. The van der Waals surface area contributed by atoms with E-state index in [-0.39, 0.29) is 23.7 Å². The number of rotatable bonds is 5. The summed E-state index contributed by atoms with van der Waals surface area (Å²) in [6, 6.07) is 7.32. The average molecular weight is 315 g/mol. The number of nitro groups is 1. The van der Waals surface area contributed by atoms with Gasteiger partial charge >= 0.3 is 0 Å². The summed E-state index contributed by atoms with van der Waals surface area (Å²) in [4.78, 5) is 21.8. The quantitative estimate of drug-likeness (QED) is 0.669. The maximum Gasteiger partial charge on any atom is 0.269 e. The van der Waals surface area contributed by atoms with E-state index >= 15 is 0 Å². The summed E-state index contributed by atoms with van der Waals surface area (Å²) in [6.07, 6.45) is 0. The summed E-state index contributed by atoms with van der Waals surface area (Å²) in [5.74, 6) is 0.444. The van der Waals surface area contributed by atoms with E-state index in [4.69, 9.17) is 14.4 Å². The molecule has 0 aliphatic carbocycles. The minimum absolute atomic E-state index is 0.0676. The molecule has 2 aromatic rings. The molecule has 0 fully saturated rings. The molecule has 0 atom stereocenters. The molecule has 8 heteroatoms. The van der Waals surface area contributed by atoms with Crippen LogP contribution in [0.4, 0.5) is 11.6 Å². The molecule has 23 heavy (non-hydrogen) atoms. The van der Waals surface area contributed by atoms with Gasteiger partial charge in [-0.2, -0.15) is 5.26 Å². The fraction of sp³-hybridized carbons (Fsp3) is 0.200. The third-order valence-corrected chi connectivity index (χ3v) is 3.17. The fourth-order valence-electron chi connectivity index (χ4n) is 1.83. The van der Waals surface area contributed by atoms with Crippen LogP contribution in [0.1, 0.15) is 16.9 Å². The van der Waals surface area contributed by atoms with Crippen molar-refractivity contribution in [1.29, 1.82) is 5.26 Å². The van der Waals surface area contributed by atoms with Crippen molar-refractivity contribution in [2.75, 3.05) is 11.9 Å². The van der Waals surface area contributed by atoms with Crippen molar-refractivity contribution >= 4 is 17.5 Å². The number of aryl methyl sites for hydroxylation is 1. The first-order chi connectivity index (χ1) is 10.9. The van der Waals surface area contributed by atoms with Crippen LogP contribution in [-0.2, 0) is 4.79 Å². The van der Waals surface area contributed by atoms with E-state index in [1.54, 1.807) is 13.8 Å². The predicted molar refractivity (Wildman–Crippen MR) is 80.1 cm³/mol. The third kappa shape index (κ3) is 3.65. The molecule has 1 heterocycles. The minimum Gasteiger partial charge on any atom is -0.484 e. The second-order valence-electron chi connectivity index (χ2n) is 4.69. The van der Waals surface area contributed by atoms with E-state index in [2.05, 4.69) is 5.32 Å². The van der Waals surface area contributed by atoms with Crippen LogP contribution >= 0.6 is 0 Å². The summed E-state index contributed by atoms with van der Waals surface area (Å²) in [5, 5.41) is 22.1. The number of hydrogen-bond donors (Lipinski definition) is 1. The monoisotopic (exact) mass is 315 g/mol. The van der Waals surface area contributed by atoms with Gasteiger partial charge in [-0.25, -0.2) is 0 Å². The Balaban J connectivity index is 1.97. The number of nitrogens with one attached hydrogen (secondary N) is 1. The molecular formula is C15H13N3O5. The molecule has 0 radical (unpaired) electrons. The summed E-state index contributed by atoms with van der Waals surface area (Å²) in [6.45, 7) is 3.10. The van der Waals surface area contributed by atoms with Gasteiger partial charge in [0, 0.05) is 17.7 Å². The molecule has 0 spiro atoms. The van der Waals surface area contributed by atoms with Crippen molar-refractivity contribution in [1.82, 2.24) is 0 Å². The number of benzene rings is 1. The molecule has 1 aromatic heterocycles. The normalized spacial score (nSPS) is 9.96. The maximum absolute atomic E-state index is 11.8. The van der Waals surface area contributed by atoms with Gasteiger partial charge in [-0.3, -0.25) is 20.2 Å². The van der Waals surface area contributed by atoms with Gasteiger partial charge < -0.3 is 9.15 Å². The zero-order chi connectivity index (χ0) is 17.0. The van der Waals surface area contributed by atoms with Crippen LogP contribution in [0.2, 0.25) is 0 Å². The van der Waals surface area contributed by atoms with E-state index in [9.17, 15) is 14.9 Å². The highest BCUT2D eigenvalue weighted by molar-refractivity contribution is 5.92. The average Bonchev–Trinajstić information content (AvgIpc) is 2.79. The fourth-order valence-corrected chi connectivity index (χ4v) is 1.83. The topological polar surface area (TPSA) is 118 Å². The summed E-state index contributed by atoms with van der Waals surface area (Å²) in [7, 11) is 0. The number of nitriles is 1. The number of non-ortho nitro benzene ring substituents is 1. The molecule has 1 amide bonds. The zero-order valence-electron chi connectivity index (χ0n) is 12.5. The Morgan fingerprint density at radius 2 is 2.04 bits per heavy atom. The van der Waals surface area contributed by atoms with Gasteiger partial charge in [0.15, 0.2) is 6.61 Å². The molecule has 1 aromatic carbocycles. The molecule has 0 unspecified atom stereocenters. The molecule has 2 rings (SSSR count). The Bertz CT molecular complexity index is 787. The smallest absolute Gasteiger partial charge is 0.269 e. The maximum atomic E-state index is 11.8. The van der Waals surface area contributed by atoms with Crippen LogP contribution < -0.4 is 10.1 Å². The number of carbonyl (C=O) groups is 1. The molecule has 8 nitrogen and oxygen atoms in total. The highest BCUT2D eigenvalue weighted by atomic mass is 16.6. The van der Waals surface area contributed by atoms with Crippen LogP contribution in [0.15, 0.2) is 28.7 Å². The molecule has 0 saturated heterocycles. The van der Waals surface area contributed by atoms with E-state index in [1.807, 2.05) is 6.07 Å². The van der Waals surface area contributed by atoms with Crippen molar-refractivity contribution in [3.63, 3.8) is 0 Å². The van der Waals surface area contributed by atoms with Gasteiger partial charge in [0.1, 0.15) is 23.1 Å². The largest absolute Gasteiger partial charge is 0.484 e. The number of amides is 1. The Kier molecular flexibility index (Phi) is 4.61. The van der Waals surface area contributed by atoms with Gasteiger partial charge in [0.05, 0.1) is 4.92 Å². The first-order valence-electron chi connectivity index (χ1n) is 6.59. The van der Waals surface area contributed by atoms with Crippen molar-refractivity contribution in [2.45, 2.75) is 13.8 Å². The predicted octanol–water partition coefficient (Wildman–Crippen LogP) is 2.69. The molecule has 0 saturated carbocycles. The molecule has 0 aliphatic rings. The Morgan fingerprint density at radius 3 is 2.61 bits per heavy atom. The molecule has 0 bridgehead atoms. The van der Waals surface area contributed by atoms with Gasteiger partial charge in [-0.15, -0.1) is 0 Å². The number of ether oxygens (including phenoxy) is 1. The highest BCUT2D eigenvalue weighted by Crippen LogP contribution is 2.25. The first-order valence-corrected chi connectivity index (χ1v) is 6.59. The van der Waals surface area contributed by atoms with Gasteiger partial charge in [-0.05, 0) is 26.0 Å². The molecule has 0 aliphatic heterocycles. The van der Waals surface area contributed by atoms with Crippen LogP contribution in [0.3, 0.4) is 0 Å². The van der Waals surface area contributed by atoms with Crippen LogP contribution in [-0.4, -0.2) is 17.4 Å². The Hall–Kier alpha value is -3.34. The van der Waals surface area contributed by atoms with Crippen molar-refractivity contribution in [2.24, 2.45) is 0 Å². The lowest BCUT2D eigenvalue weighted by atomic mass is 10.2. The summed E-state index contributed by atoms with van der Waals surface area (Å²) >= 11 is 0. The van der Waals surface area contributed by atoms with Crippen molar-refractivity contribution in [3.05, 3.63) is 51.3 Å². The van der Waals surface area contributed by atoms with Crippen LogP contribution in [0, 0.1) is 35.3 Å². The second-order valence-corrected chi connectivity index (χ2v) is 4.69. The standard InChI is InChI=1S/C15H13N3O5/c1-9-10(2)23-15(13(9)7-16)17-14(19)8-22-12-5-3-11(4-6-12)18(20)21/h3-6H,8H2,1-2H3,(H,17,19). The number of carbonyl (C=O) groups excluding carboxylic acids is 1. The van der Waals surface area contributed by atoms with Gasteiger partial charge in [-0.1, -0.05) is 0 Å². The Labute approximate surface area is 131 Å². The van der Waals surface area contributed by atoms with Gasteiger partial charge in [0.2, 0.25) is 5.88 Å². The number of anilines is 1. The number of nitro benzene ring substituents is 1. The summed E-state index contributed by atoms with van der Waals surface area (Å²) in [5.41, 5.74) is 0.868. The summed E-state index contributed by atoms with van der Waals surface area (Å²) < 4.78 is 10.5. The van der Waals surface area contributed by atoms with E-state index in [0.717, 1.165) is 0 Å². The lowest BCUT2D eigenvalue weighted by molar-refractivity contribution is -0.384. The first kappa shape index (κ1) is 16.0. The highest BCUT2D eigenvalue weighted by Gasteiger charge is 2.16. The zero-order valence-corrected chi connectivity index (χ0v) is 12.5. The lowest BCUT2D eigenvalue weighted by Crippen LogP contribution is -2.20. The second kappa shape index (κ2) is 6.62. The Morgan fingerprint density at radius 1 is 1.39 bits per heavy atom. The molecular weight excluding hydrogens is 302 g/mol. The van der Waals surface area contributed by atoms with Crippen molar-refractivity contribution in [3.8, 4) is 11.8 Å². The van der Waals surface area contributed by atoms with Gasteiger partial charge in [0.25, 0.3) is 11.6 Å². The van der Waals surface area contributed by atoms with E-state index < -0.39 is 10.8 Å². The lowest BCUT2D eigenvalue weighted by Gasteiger charge is -2.06. The SMILES string of the molecule is Cc1oc(NC(=O)COc2ccc([N+](=O)[O-])cc2)c(C#N)c1C. The molecule has 1 N–H and O–H groups in total. The van der Waals surface area contributed by atoms with E-state index in [0.29, 0.717) is 17.1 Å². The number of hydrogen-bond acceptors (Lipinski definition) is 6. The van der Waals surface area contributed by atoms with E-state index in [1.165, 1.54) is 24.3 Å². The number of nitrogens with zero attached hydrogens (tertiary/aromatic N) is 2. The number of furan rings is 1. The minimum atomic E-state index is -0.526. The van der Waals surface area contributed by atoms with Crippen LogP contribution in [0.5, 0.6) is 5.75 Å².